The number of nitrogens with zero attached hydrogens (tertiary/aromatic N) is 3. The Bertz CT molecular complexity index is 616. The maximum atomic E-state index is 5.97. The molecule has 0 amide bonds. The van der Waals surface area contributed by atoms with Crippen LogP contribution in [0.1, 0.15) is 35.9 Å². The Hall–Kier alpha value is -1.59. The molecule has 22 heavy (non-hydrogen) atoms. The fourth-order valence-corrected chi connectivity index (χ4v) is 3.34. The second-order valence-electron chi connectivity index (χ2n) is 6.61. The Morgan fingerprint density at radius 1 is 1.36 bits per heavy atom. The standard InChI is InChI=1S/C17H23N3O2/c1-19-12-18-16-9-20(8-15-3-2-6-22-15)7-14(17(16)19)11-21-10-13-4-5-13/h2-3,6,12-14H,4-5,7-11H2,1H3/t14-/m0/s1. The summed E-state index contributed by atoms with van der Waals surface area (Å²) in [5, 5.41) is 0. The van der Waals surface area contributed by atoms with E-state index in [1.165, 1.54) is 24.2 Å². The van der Waals surface area contributed by atoms with E-state index < -0.39 is 0 Å². The van der Waals surface area contributed by atoms with Crippen molar-refractivity contribution >= 4 is 0 Å². The van der Waals surface area contributed by atoms with Crippen LogP contribution in [0.4, 0.5) is 0 Å². The van der Waals surface area contributed by atoms with Crippen LogP contribution in [0.25, 0.3) is 0 Å². The fraction of sp³-hybridized carbons (Fsp3) is 0.588. The molecule has 1 atom stereocenters. The summed E-state index contributed by atoms with van der Waals surface area (Å²) in [6.07, 6.45) is 6.34. The van der Waals surface area contributed by atoms with Gasteiger partial charge in [0.2, 0.25) is 0 Å². The predicted molar refractivity (Wildman–Crippen MR) is 82.3 cm³/mol. The van der Waals surface area contributed by atoms with Crippen molar-refractivity contribution in [3.63, 3.8) is 0 Å². The Morgan fingerprint density at radius 2 is 2.27 bits per heavy atom. The van der Waals surface area contributed by atoms with Crippen molar-refractivity contribution in [1.29, 1.82) is 0 Å². The third kappa shape index (κ3) is 2.96. The van der Waals surface area contributed by atoms with Crippen LogP contribution in [0.3, 0.4) is 0 Å². The first-order valence-electron chi connectivity index (χ1n) is 8.12. The van der Waals surface area contributed by atoms with Crippen molar-refractivity contribution in [3.8, 4) is 0 Å². The minimum Gasteiger partial charge on any atom is -0.468 e. The highest BCUT2D eigenvalue weighted by molar-refractivity contribution is 5.22. The summed E-state index contributed by atoms with van der Waals surface area (Å²) in [4.78, 5) is 6.98. The summed E-state index contributed by atoms with van der Waals surface area (Å²) in [6.45, 7) is 4.43. The maximum absolute atomic E-state index is 5.97. The summed E-state index contributed by atoms with van der Waals surface area (Å²) in [6, 6.07) is 3.98. The second kappa shape index (κ2) is 5.89. The van der Waals surface area contributed by atoms with E-state index in [4.69, 9.17) is 9.15 Å². The van der Waals surface area contributed by atoms with E-state index in [2.05, 4.69) is 21.5 Å². The van der Waals surface area contributed by atoms with Gasteiger partial charge in [-0.25, -0.2) is 4.98 Å². The summed E-state index contributed by atoms with van der Waals surface area (Å²) in [5.41, 5.74) is 2.52. The second-order valence-corrected chi connectivity index (χ2v) is 6.61. The van der Waals surface area contributed by atoms with Crippen molar-refractivity contribution in [3.05, 3.63) is 41.9 Å². The van der Waals surface area contributed by atoms with Gasteiger partial charge in [0, 0.05) is 38.4 Å². The van der Waals surface area contributed by atoms with Gasteiger partial charge in [-0.2, -0.15) is 0 Å². The normalized spacial score (nSPS) is 22.0. The largest absolute Gasteiger partial charge is 0.468 e. The molecular weight excluding hydrogens is 278 g/mol. The molecule has 0 bridgehead atoms. The number of furan rings is 1. The third-order valence-corrected chi connectivity index (χ3v) is 4.63. The number of ether oxygens (including phenoxy) is 1. The Morgan fingerprint density at radius 3 is 3.05 bits per heavy atom. The summed E-state index contributed by atoms with van der Waals surface area (Å²) in [7, 11) is 2.09. The lowest BCUT2D eigenvalue weighted by atomic mass is 9.99. The highest BCUT2D eigenvalue weighted by Gasteiger charge is 2.30. The number of imidazole rings is 1. The number of aryl methyl sites for hydroxylation is 1. The number of hydrogen-bond donors (Lipinski definition) is 0. The maximum Gasteiger partial charge on any atom is 0.117 e. The molecule has 0 N–H and O–H groups in total. The van der Waals surface area contributed by atoms with Gasteiger partial charge in [0.05, 0.1) is 31.4 Å². The number of rotatable bonds is 6. The van der Waals surface area contributed by atoms with Gasteiger partial charge in [0.25, 0.3) is 0 Å². The molecule has 1 saturated carbocycles. The minimum atomic E-state index is 0.393. The highest BCUT2D eigenvalue weighted by atomic mass is 16.5. The van der Waals surface area contributed by atoms with Crippen LogP contribution in [0.2, 0.25) is 0 Å². The van der Waals surface area contributed by atoms with Crippen molar-refractivity contribution in [1.82, 2.24) is 14.5 Å². The molecule has 0 unspecified atom stereocenters. The smallest absolute Gasteiger partial charge is 0.117 e. The summed E-state index contributed by atoms with van der Waals surface area (Å²) >= 11 is 0. The van der Waals surface area contributed by atoms with Gasteiger partial charge < -0.3 is 13.7 Å². The van der Waals surface area contributed by atoms with Crippen LogP contribution < -0.4 is 0 Å². The fourth-order valence-electron chi connectivity index (χ4n) is 3.34. The van der Waals surface area contributed by atoms with Crippen molar-refractivity contribution in [2.75, 3.05) is 19.8 Å². The van der Waals surface area contributed by atoms with Crippen LogP contribution in [-0.2, 0) is 24.9 Å². The molecule has 2 aliphatic rings. The molecule has 0 saturated heterocycles. The lowest BCUT2D eigenvalue weighted by Crippen LogP contribution is -2.36. The van der Waals surface area contributed by atoms with E-state index in [1.54, 1.807) is 6.26 Å². The molecule has 2 aromatic rings. The Labute approximate surface area is 130 Å². The van der Waals surface area contributed by atoms with E-state index in [0.717, 1.165) is 44.5 Å². The van der Waals surface area contributed by atoms with Crippen LogP contribution >= 0.6 is 0 Å². The zero-order valence-electron chi connectivity index (χ0n) is 13.1. The van der Waals surface area contributed by atoms with E-state index >= 15 is 0 Å². The molecule has 118 valence electrons. The molecular formula is C17H23N3O2. The van der Waals surface area contributed by atoms with Crippen LogP contribution in [0.5, 0.6) is 0 Å². The molecule has 0 aromatic carbocycles. The number of hydrogen-bond acceptors (Lipinski definition) is 4. The van der Waals surface area contributed by atoms with Crippen molar-refractivity contribution < 1.29 is 9.15 Å². The molecule has 1 aliphatic carbocycles. The first-order valence-corrected chi connectivity index (χ1v) is 8.12. The van der Waals surface area contributed by atoms with Gasteiger partial charge in [-0.05, 0) is 30.9 Å². The van der Waals surface area contributed by atoms with Crippen molar-refractivity contribution in [2.45, 2.75) is 31.8 Å². The van der Waals surface area contributed by atoms with E-state index in [1.807, 2.05) is 18.5 Å². The summed E-state index contributed by atoms with van der Waals surface area (Å²) in [5.74, 6) is 2.22. The van der Waals surface area contributed by atoms with E-state index in [0.29, 0.717) is 5.92 Å². The predicted octanol–water partition coefficient (Wildman–Crippen LogP) is 2.54. The molecule has 5 nitrogen and oxygen atoms in total. The summed E-state index contributed by atoms with van der Waals surface area (Å²) < 4.78 is 13.6. The molecule has 1 aliphatic heterocycles. The Kier molecular flexibility index (Phi) is 3.76. The molecule has 5 heteroatoms. The molecule has 3 heterocycles. The number of aromatic nitrogens is 2. The molecule has 1 fully saturated rings. The van der Waals surface area contributed by atoms with Crippen LogP contribution in [-0.4, -0.2) is 34.2 Å². The van der Waals surface area contributed by atoms with Gasteiger partial charge >= 0.3 is 0 Å². The minimum absolute atomic E-state index is 0.393. The highest BCUT2D eigenvalue weighted by Crippen LogP contribution is 2.31. The van der Waals surface area contributed by atoms with Gasteiger partial charge in [0.1, 0.15) is 5.76 Å². The van der Waals surface area contributed by atoms with Crippen LogP contribution in [0, 0.1) is 5.92 Å². The van der Waals surface area contributed by atoms with Gasteiger partial charge in [-0.3, -0.25) is 4.90 Å². The third-order valence-electron chi connectivity index (χ3n) is 4.63. The van der Waals surface area contributed by atoms with Gasteiger partial charge in [-0.1, -0.05) is 0 Å². The quantitative estimate of drug-likeness (QED) is 0.822. The first-order chi connectivity index (χ1) is 10.8. The molecule has 2 aromatic heterocycles. The zero-order valence-corrected chi connectivity index (χ0v) is 13.1. The molecule has 0 radical (unpaired) electrons. The van der Waals surface area contributed by atoms with Crippen LogP contribution in [0.15, 0.2) is 29.1 Å². The average molecular weight is 301 g/mol. The average Bonchev–Trinajstić information content (AvgIpc) is 3.04. The topological polar surface area (TPSA) is 43.4 Å². The molecule has 4 rings (SSSR count). The van der Waals surface area contributed by atoms with E-state index in [9.17, 15) is 0 Å². The van der Waals surface area contributed by atoms with Gasteiger partial charge in [-0.15, -0.1) is 0 Å². The van der Waals surface area contributed by atoms with E-state index in [-0.39, 0.29) is 0 Å². The lowest BCUT2D eigenvalue weighted by Gasteiger charge is -2.32. The lowest BCUT2D eigenvalue weighted by molar-refractivity contribution is 0.0851. The van der Waals surface area contributed by atoms with Gasteiger partial charge in [0.15, 0.2) is 0 Å². The zero-order chi connectivity index (χ0) is 14.9. The SMILES string of the molecule is Cn1cnc2c1[C@H](COCC1CC1)CN(Cc1ccco1)C2. The van der Waals surface area contributed by atoms with Crippen molar-refractivity contribution in [2.24, 2.45) is 13.0 Å². The first kappa shape index (κ1) is 14.0. The molecule has 0 spiro atoms. The Balaban J connectivity index is 1.46. The monoisotopic (exact) mass is 301 g/mol. The number of fused-ring (bicyclic) bond motifs is 1.